The third kappa shape index (κ3) is 2.47. The summed E-state index contributed by atoms with van der Waals surface area (Å²) in [6.45, 7) is 0. The van der Waals surface area contributed by atoms with Gasteiger partial charge in [-0.1, -0.05) is 30.3 Å². The Bertz CT molecular complexity index is 855. The van der Waals surface area contributed by atoms with E-state index in [-0.39, 0.29) is 11.8 Å². The van der Waals surface area contributed by atoms with Gasteiger partial charge in [0.1, 0.15) is 0 Å². The van der Waals surface area contributed by atoms with Gasteiger partial charge in [0, 0.05) is 15.1 Å². The lowest BCUT2D eigenvalue weighted by atomic mass is 10.1. The van der Waals surface area contributed by atoms with Crippen molar-refractivity contribution in [2.75, 3.05) is 5.32 Å². The molecule has 5 nitrogen and oxygen atoms in total. The summed E-state index contributed by atoms with van der Waals surface area (Å²) in [5.74, 6) is 0.773. The van der Waals surface area contributed by atoms with Crippen LogP contribution in [0.5, 0.6) is 0 Å². The summed E-state index contributed by atoms with van der Waals surface area (Å²) in [6, 6.07) is 12.0. The first-order chi connectivity index (χ1) is 10.7. The van der Waals surface area contributed by atoms with Crippen LogP contribution in [0.2, 0.25) is 0 Å². The molecule has 0 bridgehead atoms. The van der Waals surface area contributed by atoms with E-state index >= 15 is 0 Å². The average molecular weight is 404 g/mol. The van der Waals surface area contributed by atoms with E-state index < -0.39 is 0 Å². The number of anilines is 1. The maximum absolute atomic E-state index is 11.9. The van der Waals surface area contributed by atoms with E-state index in [4.69, 9.17) is 0 Å². The van der Waals surface area contributed by atoms with Crippen molar-refractivity contribution < 1.29 is 4.79 Å². The van der Waals surface area contributed by atoms with Crippen LogP contribution in [0.15, 0.2) is 36.4 Å². The number of benzene rings is 1. The fourth-order valence-corrected chi connectivity index (χ4v) is 3.13. The standard InChI is InChI=1S/C16H13IN4O/c17-12-8-11-14(18-13(12)9-4-2-1-3-5-9)20-21-15(11)19-16(22)10-6-7-10/h1-5,8,10H,6-7H2,(H2,18,19,20,21,22). The molecule has 3 aromatic rings. The lowest BCUT2D eigenvalue weighted by Gasteiger charge is -2.05. The molecular weight excluding hydrogens is 391 g/mol. The molecule has 2 N–H and O–H groups in total. The first-order valence-corrected chi connectivity index (χ1v) is 8.21. The zero-order valence-electron chi connectivity index (χ0n) is 11.6. The van der Waals surface area contributed by atoms with E-state index in [1.807, 2.05) is 36.4 Å². The first-order valence-electron chi connectivity index (χ1n) is 7.13. The number of H-pyrrole nitrogens is 1. The number of nitrogens with zero attached hydrogens (tertiary/aromatic N) is 2. The molecule has 6 heteroatoms. The van der Waals surface area contributed by atoms with E-state index in [0.29, 0.717) is 11.5 Å². The van der Waals surface area contributed by atoms with Crippen molar-refractivity contribution in [1.82, 2.24) is 15.2 Å². The number of pyridine rings is 1. The molecule has 1 fully saturated rings. The van der Waals surface area contributed by atoms with Crippen LogP contribution in [0, 0.1) is 9.49 Å². The average Bonchev–Trinajstić information content (AvgIpc) is 3.32. The van der Waals surface area contributed by atoms with Crippen LogP contribution in [0.1, 0.15) is 12.8 Å². The van der Waals surface area contributed by atoms with E-state index in [9.17, 15) is 4.79 Å². The lowest BCUT2D eigenvalue weighted by molar-refractivity contribution is -0.117. The Labute approximate surface area is 140 Å². The number of rotatable bonds is 3. The minimum absolute atomic E-state index is 0.0514. The second-order valence-electron chi connectivity index (χ2n) is 5.42. The highest BCUT2D eigenvalue weighted by molar-refractivity contribution is 14.1. The fourth-order valence-electron chi connectivity index (χ4n) is 2.38. The third-order valence-corrected chi connectivity index (χ3v) is 4.56. The van der Waals surface area contributed by atoms with Gasteiger partial charge in [-0.2, -0.15) is 5.10 Å². The second kappa shape index (κ2) is 5.35. The summed E-state index contributed by atoms with van der Waals surface area (Å²) in [5.41, 5.74) is 2.66. The van der Waals surface area contributed by atoms with Crippen LogP contribution < -0.4 is 5.32 Å². The summed E-state index contributed by atoms with van der Waals surface area (Å²) < 4.78 is 1.03. The molecular formula is C16H13IN4O. The molecule has 4 rings (SSSR count). The second-order valence-corrected chi connectivity index (χ2v) is 6.58. The smallest absolute Gasteiger partial charge is 0.228 e. The Balaban J connectivity index is 1.75. The van der Waals surface area contributed by atoms with Crippen molar-refractivity contribution in [3.8, 4) is 11.3 Å². The molecule has 1 aromatic carbocycles. The van der Waals surface area contributed by atoms with Crippen LogP contribution >= 0.6 is 22.6 Å². The number of halogens is 1. The minimum atomic E-state index is 0.0514. The Morgan fingerprint density at radius 1 is 1.27 bits per heavy atom. The Kier molecular flexibility index (Phi) is 3.33. The molecule has 110 valence electrons. The number of aromatic nitrogens is 3. The van der Waals surface area contributed by atoms with Gasteiger partial charge in [0.2, 0.25) is 5.91 Å². The molecule has 2 aromatic heterocycles. The molecule has 0 atom stereocenters. The van der Waals surface area contributed by atoms with Crippen molar-refractivity contribution in [1.29, 1.82) is 0 Å². The summed E-state index contributed by atoms with van der Waals surface area (Å²) in [5, 5.41) is 10.8. The molecule has 1 aliphatic carbocycles. The number of fused-ring (bicyclic) bond motifs is 1. The van der Waals surface area contributed by atoms with Gasteiger partial charge in [-0.3, -0.25) is 9.89 Å². The van der Waals surface area contributed by atoms with Gasteiger partial charge in [-0.25, -0.2) is 4.98 Å². The largest absolute Gasteiger partial charge is 0.308 e. The quantitative estimate of drug-likeness (QED) is 0.656. The summed E-state index contributed by atoms with van der Waals surface area (Å²) in [6.07, 6.45) is 1.95. The van der Waals surface area contributed by atoms with Crippen molar-refractivity contribution in [3.05, 3.63) is 40.0 Å². The number of carbonyl (C=O) groups excluding carboxylic acids is 1. The van der Waals surface area contributed by atoms with Gasteiger partial charge in [0.05, 0.1) is 11.1 Å². The SMILES string of the molecule is O=C(Nc1n[nH]c2nc(-c3ccccc3)c(I)cc12)C1CC1. The highest BCUT2D eigenvalue weighted by Crippen LogP contribution is 2.32. The number of carbonyl (C=O) groups is 1. The molecule has 0 spiro atoms. The van der Waals surface area contributed by atoms with E-state index in [2.05, 4.69) is 43.1 Å². The number of aromatic amines is 1. The van der Waals surface area contributed by atoms with Gasteiger partial charge < -0.3 is 5.32 Å². The van der Waals surface area contributed by atoms with E-state index in [1.54, 1.807) is 0 Å². The monoisotopic (exact) mass is 404 g/mol. The molecule has 22 heavy (non-hydrogen) atoms. The Morgan fingerprint density at radius 3 is 2.77 bits per heavy atom. The minimum Gasteiger partial charge on any atom is -0.308 e. The van der Waals surface area contributed by atoms with Crippen molar-refractivity contribution in [2.45, 2.75) is 12.8 Å². The Hall–Kier alpha value is -1.96. The lowest BCUT2D eigenvalue weighted by Crippen LogP contribution is -2.13. The molecule has 0 unspecified atom stereocenters. The molecule has 0 aliphatic heterocycles. The highest BCUT2D eigenvalue weighted by atomic mass is 127. The van der Waals surface area contributed by atoms with Gasteiger partial charge in [-0.15, -0.1) is 0 Å². The van der Waals surface area contributed by atoms with Crippen molar-refractivity contribution in [2.24, 2.45) is 5.92 Å². The molecule has 2 heterocycles. The van der Waals surface area contributed by atoms with Crippen LogP contribution in [0.3, 0.4) is 0 Å². The van der Waals surface area contributed by atoms with Crippen LogP contribution in [-0.4, -0.2) is 21.1 Å². The zero-order valence-corrected chi connectivity index (χ0v) is 13.8. The summed E-state index contributed by atoms with van der Waals surface area (Å²) in [4.78, 5) is 16.6. The van der Waals surface area contributed by atoms with Crippen LogP contribution in [0.4, 0.5) is 5.82 Å². The maximum Gasteiger partial charge on any atom is 0.228 e. The highest BCUT2D eigenvalue weighted by Gasteiger charge is 2.30. The van der Waals surface area contributed by atoms with Crippen molar-refractivity contribution in [3.63, 3.8) is 0 Å². The Morgan fingerprint density at radius 2 is 2.05 bits per heavy atom. The van der Waals surface area contributed by atoms with Gasteiger partial charge in [0.15, 0.2) is 11.5 Å². The van der Waals surface area contributed by atoms with Gasteiger partial charge >= 0.3 is 0 Å². The van der Waals surface area contributed by atoms with Gasteiger partial charge in [-0.05, 0) is 41.5 Å². The predicted molar refractivity (Wildman–Crippen MR) is 93.4 cm³/mol. The summed E-state index contributed by atoms with van der Waals surface area (Å²) in [7, 11) is 0. The fraction of sp³-hybridized carbons (Fsp3) is 0.188. The number of amides is 1. The normalized spacial score (nSPS) is 14.2. The first kappa shape index (κ1) is 13.7. The van der Waals surface area contributed by atoms with E-state index in [0.717, 1.165) is 33.1 Å². The van der Waals surface area contributed by atoms with Crippen LogP contribution in [-0.2, 0) is 4.79 Å². The number of hydrogen-bond acceptors (Lipinski definition) is 3. The molecule has 1 amide bonds. The molecule has 0 saturated heterocycles. The zero-order chi connectivity index (χ0) is 15.1. The molecule has 1 saturated carbocycles. The predicted octanol–water partition coefficient (Wildman–Crippen LogP) is 3.58. The topological polar surface area (TPSA) is 70.7 Å². The molecule has 1 aliphatic rings. The van der Waals surface area contributed by atoms with E-state index in [1.165, 1.54) is 0 Å². The van der Waals surface area contributed by atoms with Crippen molar-refractivity contribution >= 4 is 45.3 Å². The number of nitrogens with one attached hydrogen (secondary N) is 2. The summed E-state index contributed by atoms with van der Waals surface area (Å²) >= 11 is 2.27. The molecule has 0 radical (unpaired) electrons. The maximum atomic E-state index is 11.9. The number of hydrogen-bond donors (Lipinski definition) is 2. The van der Waals surface area contributed by atoms with Gasteiger partial charge in [0.25, 0.3) is 0 Å². The third-order valence-electron chi connectivity index (χ3n) is 3.74. The van der Waals surface area contributed by atoms with Crippen LogP contribution in [0.25, 0.3) is 22.3 Å².